The monoisotopic (exact) mass is 215 g/mol. The third-order valence-corrected chi connectivity index (χ3v) is 1.62. The van der Waals surface area contributed by atoms with Crippen molar-refractivity contribution in [3.63, 3.8) is 0 Å². The average molecular weight is 215 g/mol. The summed E-state index contributed by atoms with van der Waals surface area (Å²) in [5.74, 6) is -0.0145. The predicted octanol–water partition coefficient (Wildman–Crippen LogP) is 1.06. The topological polar surface area (TPSA) is 73.6 Å². The molecule has 0 fully saturated rings. The molecule has 1 aromatic carbocycles. The highest BCUT2D eigenvalue weighted by atomic mass is 19.3. The summed E-state index contributed by atoms with van der Waals surface area (Å²) in [5.41, 5.74) is 10.8. The minimum Gasteiger partial charge on any atom is -0.434 e. The van der Waals surface area contributed by atoms with E-state index in [1.807, 2.05) is 0 Å². The fraction of sp³-hybridized carbons (Fsp3) is 0.222. The second kappa shape index (κ2) is 5.14. The van der Waals surface area contributed by atoms with Crippen molar-refractivity contribution in [3.05, 3.63) is 29.8 Å². The second-order valence-corrected chi connectivity index (χ2v) is 2.73. The Balaban J connectivity index is 2.81. The van der Waals surface area contributed by atoms with Gasteiger partial charge in [-0.2, -0.15) is 8.78 Å². The number of guanidine groups is 1. The largest absolute Gasteiger partial charge is 0.434 e. The molecule has 0 aliphatic carbocycles. The maximum absolute atomic E-state index is 12.0. The molecule has 0 heterocycles. The first-order valence-electron chi connectivity index (χ1n) is 4.17. The van der Waals surface area contributed by atoms with E-state index < -0.39 is 6.61 Å². The first-order chi connectivity index (χ1) is 7.09. The second-order valence-electron chi connectivity index (χ2n) is 2.73. The Morgan fingerprint density at radius 3 is 2.60 bits per heavy atom. The number of alkyl halides is 2. The van der Waals surface area contributed by atoms with Crippen molar-refractivity contribution in [1.29, 1.82) is 0 Å². The van der Waals surface area contributed by atoms with Crippen molar-refractivity contribution in [2.45, 2.75) is 13.2 Å². The number of halogens is 2. The summed E-state index contributed by atoms with van der Waals surface area (Å²) in [7, 11) is 0. The number of ether oxygens (including phenoxy) is 1. The molecule has 1 rings (SSSR count). The van der Waals surface area contributed by atoms with E-state index in [1.54, 1.807) is 18.2 Å². The molecule has 1 aromatic rings. The van der Waals surface area contributed by atoms with Crippen LogP contribution in [0, 0.1) is 0 Å². The third kappa shape index (κ3) is 3.80. The van der Waals surface area contributed by atoms with Gasteiger partial charge >= 0.3 is 6.61 Å². The lowest BCUT2D eigenvalue weighted by Crippen LogP contribution is -2.22. The molecule has 0 unspecified atom stereocenters. The van der Waals surface area contributed by atoms with Crippen LogP contribution in [0.2, 0.25) is 0 Å². The summed E-state index contributed by atoms with van der Waals surface area (Å²) in [6, 6.07) is 6.33. The highest BCUT2D eigenvalue weighted by Crippen LogP contribution is 2.20. The van der Waals surface area contributed by atoms with E-state index in [2.05, 4.69) is 9.73 Å². The first kappa shape index (κ1) is 11.2. The average Bonchev–Trinajstić information content (AvgIpc) is 2.15. The summed E-state index contributed by atoms with van der Waals surface area (Å²) >= 11 is 0. The van der Waals surface area contributed by atoms with Crippen LogP contribution in [-0.2, 0) is 6.54 Å². The van der Waals surface area contributed by atoms with Gasteiger partial charge in [-0.3, -0.25) is 0 Å². The SMILES string of the molecule is NC(N)=NCc1ccccc1OC(F)F. The maximum Gasteiger partial charge on any atom is 0.387 e. The highest BCUT2D eigenvalue weighted by Gasteiger charge is 2.08. The maximum atomic E-state index is 12.0. The van der Waals surface area contributed by atoms with Crippen LogP contribution in [0.1, 0.15) is 5.56 Å². The third-order valence-electron chi connectivity index (χ3n) is 1.62. The van der Waals surface area contributed by atoms with E-state index in [-0.39, 0.29) is 18.3 Å². The molecular weight excluding hydrogens is 204 g/mol. The van der Waals surface area contributed by atoms with E-state index in [0.717, 1.165) is 0 Å². The minimum atomic E-state index is -2.86. The molecule has 0 atom stereocenters. The first-order valence-corrected chi connectivity index (χ1v) is 4.17. The molecule has 0 saturated heterocycles. The van der Waals surface area contributed by atoms with E-state index in [4.69, 9.17) is 11.5 Å². The number of nitrogens with zero attached hydrogens (tertiary/aromatic N) is 1. The lowest BCUT2D eigenvalue weighted by Gasteiger charge is -2.08. The zero-order chi connectivity index (χ0) is 11.3. The predicted molar refractivity (Wildman–Crippen MR) is 52.6 cm³/mol. The fourth-order valence-electron chi connectivity index (χ4n) is 1.02. The van der Waals surface area contributed by atoms with Crippen LogP contribution in [-0.4, -0.2) is 12.6 Å². The van der Waals surface area contributed by atoms with Gasteiger partial charge in [0.05, 0.1) is 6.54 Å². The summed E-state index contributed by atoms with van der Waals surface area (Å²) in [4.78, 5) is 3.71. The zero-order valence-corrected chi connectivity index (χ0v) is 7.86. The molecule has 0 bridgehead atoms. The molecule has 82 valence electrons. The van der Waals surface area contributed by atoms with Crippen molar-refractivity contribution in [3.8, 4) is 5.75 Å². The van der Waals surface area contributed by atoms with Crippen molar-refractivity contribution >= 4 is 5.96 Å². The van der Waals surface area contributed by atoms with Gasteiger partial charge in [0.25, 0.3) is 0 Å². The van der Waals surface area contributed by atoms with Crippen LogP contribution in [0.3, 0.4) is 0 Å². The van der Waals surface area contributed by atoms with Crippen LogP contribution in [0.25, 0.3) is 0 Å². The van der Waals surface area contributed by atoms with Gasteiger partial charge in [-0.05, 0) is 6.07 Å². The van der Waals surface area contributed by atoms with Gasteiger partial charge in [0.2, 0.25) is 0 Å². The Labute approximate surface area is 85.5 Å². The molecule has 15 heavy (non-hydrogen) atoms. The van der Waals surface area contributed by atoms with Gasteiger partial charge in [-0.25, -0.2) is 4.99 Å². The van der Waals surface area contributed by atoms with Crippen molar-refractivity contribution < 1.29 is 13.5 Å². The number of hydrogen-bond donors (Lipinski definition) is 2. The van der Waals surface area contributed by atoms with Crippen LogP contribution < -0.4 is 16.2 Å². The molecule has 4 N–H and O–H groups in total. The van der Waals surface area contributed by atoms with Crippen molar-refractivity contribution in [1.82, 2.24) is 0 Å². The van der Waals surface area contributed by atoms with Gasteiger partial charge in [-0.15, -0.1) is 0 Å². The van der Waals surface area contributed by atoms with Crippen LogP contribution in [0.15, 0.2) is 29.3 Å². The van der Waals surface area contributed by atoms with Gasteiger partial charge in [0.1, 0.15) is 5.75 Å². The van der Waals surface area contributed by atoms with Gasteiger partial charge < -0.3 is 16.2 Å². The molecular formula is C9H11F2N3O. The number of para-hydroxylation sites is 1. The molecule has 0 saturated carbocycles. The Hall–Kier alpha value is -1.85. The molecule has 0 amide bonds. The molecule has 0 aliphatic rings. The quantitative estimate of drug-likeness (QED) is 0.582. The highest BCUT2D eigenvalue weighted by molar-refractivity contribution is 5.75. The van der Waals surface area contributed by atoms with Gasteiger partial charge in [0.15, 0.2) is 5.96 Å². The van der Waals surface area contributed by atoms with Crippen molar-refractivity contribution in [2.24, 2.45) is 16.5 Å². The molecule has 0 aromatic heterocycles. The van der Waals surface area contributed by atoms with Gasteiger partial charge in [-0.1, -0.05) is 18.2 Å². The van der Waals surface area contributed by atoms with Crippen LogP contribution >= 0.6 is 0 Å². The standard InChI is InChI=1S/C9H11F2N3O/c10-8(11)15-7-4-2-1-3-6(7)5-14-9(12)13/h1-4,8H,5H2,(H4,12,13,14). The Morgan fingerprint density at radius 1 is 1.33 bits per heavy atom. The number of aliphatic imine (C=N–C) groups is 1. The van der Waals surface area contributed by atoms with Gasteiger partial charge in [0, 0.05) is 5.56 Å². The van der Waals surface area contributed by atoms with E-state index in [1.165, 1.54) is 6.07 Å². The number of benzene rings is 1. The Bertz CT molecular complexity index is 351. The van der Waals surface area contributed by atoms with E-state index in [9.17, 15) is 8.78 Å². The summed E-state index contributed by atoms with van der Waals surface area (Å²) in [6.45, 7) is -2.74. The van der Waals surface area contributed by atoms with E-state index >= 15 is 0 Å². The van der Waals surface area contributed by atoms with E-state index in [0.29, 0.717) is 5.56 Å². The lowest BCUT2D eigenvalue weighted by atomic mass is 10.2. The number of nitrogens with two attached hydrogens (primary N) is 2. The molecule has 0 radical (unpaired) electrons. The summed E-state index contributed by atoms with van der Waals surface area (Å²) in [6.07, 6.45) is 0. The molecule has 6 heteroatoms. The Kier molecular flexibility index (Phi) is 3.84. The molecule has 0 aliphatic heterocycles. The summed E-state index contributed by atoms with van der Waals surface area (Å²) < 4.78 is 28.3. The molecule has 0 spiro atoms. The molecule has 4 nitrogen and oxygen atoms in total. The fourth-order valence-corrected chi connectivity index (χ4v) is 1.02. The van der Waals surface area contributed by atoms with Crippen LogP contribution in [0.5, 0.6) is 5.75 Å². The summed E-state index contributed by atoms with van der Waals surface area (Å²) in [5, 5.41) is 0. The smallest absolute Gasteiger partial charge is 0.387 e. The van der Waals surface area contributed by atoms with Crippen molar-refractivity contribution in [2.75, 3.05) is 0 Å². The normalized spacial score (nSPS) is 10.1. The minimum absolute atomic E-state index is 0.0810. The lowest BCUT2D eigenvalue weighted by molar-refractivity contribution is -0.0504. The Morgan fingerprint density at radius 2 is 2.00 bits per heavy atom. The zero-order valence-electron chi connectivity index (χ0n) is 7.86. The number of rotatable bonds is 4. The van der Waals surface area contributed by atoms with Crippen LogP contribution in [0.4, 0.5) is 8.78 Å². The number of hydrogen-bond acceptors (Lipinski definition) is 2.